The maximum atomic E-state index is 12.8. The second-order valence-electron chi connectivity index (χ2n) is 6.26. The van der Waals surface area contributed by atoms with Crippen molar-refractivity contribution in [3.63, 3.8) is 0 Å². The van der Waals surface area contributed by atoms with Crippen LogP contribution in [0.1, 0.15) is 26.7 Å². The van der Waals surface area contributed by atoms with E-state index in [0.717, 1.165) is 41.8 Å². The first-order valence-corrected chi connectivity index (χ1v) is 8.73. The molecule has 1 aliphatic rings. The topological polar surface area (TPSA) is 59.6 Å². The van der Waals surface area contributed by atoms with Crippen LogP contribution in [0, 0.1) is 5.41 Å². The molecule has 1 aliphatic heterocycles. The minimum absolute atomic E-state index is 0.00875. The van der Waals surface area contributed by atoms with Crippen LogP contribution in [0.4, 0.5) is 5.69 Å². The van der Waals surface area contributed by atoms with Crippen LogP contribution in [0.3, 0.4) is 0 Å². The number of carbonyl (C=O) groups excluding carboxylic acids is 1. The molecular formula is C17H25BrN2O3. The minimum Gasteiger partial charge on any atom is -0.491 e. The predicted molar refractivity (Wildman–Crippen MR) is 94.9 cm³/mol. The molecule has 1 amide bonds. The highest BCUT2D eigenvalue weighted by molar-refractivity contribution is 9.10. The molecular weight excluding hydrogens is 360 g/mol. The van der Waals surface area contributed by atoms with Crippen molar-refractivity contribution in [2.75, 3.05) is 32.1 Å². The number of methoxy groups -OCH3 is 1. The molecule has 1 aromatic carbocycles. The van der Waals surface area contributed by atoms with Gasteiger partial charge in [0.25, 0.3) is 0 Å². The Labute approximate surface area is 146 Å². The third-order valence-electron chi connectivity index (χ3n) is 3.96. The molecule has 2 N–H and O–H groups in total. The van der Waals surface area contributed by atoms with E-state index in [1.165, 1.54) is 0 Å². The zero-order valence-electron chi connectivity index (χ0n) is 13.9. The molecule has 5 nitrogen and oxygen atoms in total. The van der Waals surface area contributed by atoms with Gasteiger partial charge in [-0.2, -0.15) is 0 Å². The number of hydrogen-bond donors (Lipinski definition) is 2. The van der Waals surface area contributed by atoms with E-state index in [4.69, 9.17) is 9.47 Å². The molecule has 0 aliphatic carbocycles. The van der Waals surface area contributed by atoms with Gasteiger partial charge < -0.3 is 20.1 Å². The molecule has 0 bridgehead atoms. The van der Waals surface area contributed by atoms with Crippen molar-refractivity contribution in [1.29, 1.82) is 0 Å². The van der Waals surface area contributed by atoms with Gasteiger partial charge in [-0.1, -0.05) is 15.9 Å². The molecule has 0 radical (unpaired) electrons. The lowest BCUT2D eigenvalue weighted by Crippen LogP contribution is -2.47. The molecule has 2 rings (SSSR count). The maximum Gasteiger partial charge on any atom is 0.233 e. The Morgan fingerprint density at radius 2 is 2.04 bits per heavy atom. The van der Waals surface area contributed by atoms with Gasteiger partial charge >= 0.3 is 0 Å². The van der Waals surface area contributed by atoms with Gasteiger partial charge in [-0.15, -0.1) is 0 Å². The summed E-state index contributed by atoms with van der Waals surface area (Å²) in [5, 5.41) is 6.33. The van der Waals surface area contributed by atoms with Crippen molar-refractivity contribution in [3.8, 4) is 5.75 Å². The molecule has 0 unspecified atom stereocenters. The fourth-order valence-corrected chi connectivity index (χ4v) is 3.33. The number of ether oxygens (including phenoxy) is 2. The summed E-state index contributed by atoms with van der Waals surface area (Å²) in [6.07, 6.45) is 1.63. The van der Waals surface area contributed by atoms with Gasteiger partial charge in [-0.05, 0) is 51.9 Å². The number of amides is 1. The minimum atomic E-state index is -0.471. The first-order valence-electron chi connectivity index (χ1n) is 7.93. The SMILES string of the molecule is COCC1(C(=O)Nc2cc(Br)cc(OC(C)C)c2)CCNCC1. The second kappa shape index (κ2) is 8.13. The number of benzene rings is 1. The Kier molecular flexibility index (Phi) is 6.44. The molecule has 23 heavy (non-hydrogen) atoms. The molecule has 1 fully saturated rings. The summed E-state index contributed by atoms with van der Waals surface area (Å²) in [6.45, 7) is 6.04. The number of halogens is 1. The summed E-state index contributed by atoms with van der Waals surface area (Å²) in [5.41, 5.74) is 0.260. The van der Waals surface area contributed by atoms with Gasteiger partial charge in [-0.3, -0.25) is 4.79 Å². The van der Waals surface area contributed by atoms with Crippen LogP contribution in [0.5, 0.6) is 5.75 Å². The van der Waals surface area contributed by atoms with E-state index >= 15 is 0 Å². The van der Waals surface area contributed by atoms with E-state index in [-0.39, 0.29) is 12.0 Å². The quantitative estimate of drug-likeness (QED) is 0.790. The van der Waals surface area contributed by atoms with E-state index in [1.54, 1.807) is 7.11 Å². The van der Waals surface area contributed by atoms with Crippen molar-refractivity contribution in [3.05, 3.63) is 22.7 Å². The number of hydrogen-bond acceptors (Lipinski definition) is 4. The van der Waals surface area contributed by atoms with Crippen molar-refractivity contribution in [1.82, 2.24) is 5.32 Å². The fourth-order valence-electron chi connectivity index (χ4n) is 2.86. The average molecular weight is 385 g/mol. The van der Waals surface area contributed by atoms with Gasteiger partial charge in [0, 0.05) is 23.3 Å². The summed E-state index contributed by atoms with van der Waals surface area (Å²) in [5.74, 6) is 0.741. The number of rotatable bonds is 6. The van der Waals surface area contributed by atoms with Crippen LogP contribution in [-0.4, -0.2) is 38.8 Å². The zero-order valence-corrected chi connectivity index (χ0v) is 15.5. The molecule has 0 atom stereocenters. The normalized spacial score (nSPS) is 17.1. The van der Waals surface area contributed by atoms with Gasteiger partial charge in [-0.25, -0.2) is 0 Å². The molecule has 1 aromatic rings. The van der Waals surface area contributed by atoms with Crippen LogP contribution in [0.2, 0.25) is 0 Å². The van der Waals surface area contributed by atoms with E-state index < -0.39 is 5.41 Å². The van der Waals surface area contributed by atoms with Gasteiger partial charge in [0.1, 0.15) is 5.75 Å². The fraction of sp³-hybridized carbons (Fsp3) is 0.588. The molecule has 0 aromatic heterocycles. The summed E-state index contributed by atoms with van der Waals surface area (Å²) in [6, 6.07) is 5.63. The highest BCUT2D eigenvalue weighted by atomic mass is 79.9. The first kappa shape index (κ1) is 18.2. The Bertz CT molecular complexity index is 537. The van der Waals surface area contributed by atoms with Gasteiger partial charge in [0.2, 0.25) is 5.91 Å². The van der Waals surface area contributed by atoms with E-state index in [2.05, 4.69) is 26.6 Å². The van der Waals surface area contributed by atoms with Gasteiger partial charge in [0.05, 0.1) is 18.1 Å². The Hall–Kier alpha value is -1.11. The molecule has 0 spiro atoms. The van der Waals surface area contributed by atoms with Crippen molar-refractivity contribution in [2.24, 2.45) is 5.41 Å². The number of nitrogens with one attached hydrogen (secondary N) is 2. The maximum absolute atomic E-state index is 12.8. The zero-order chi connectivity index (χ0) is 16.9. The highest BCUT2D eigenvalue weighted by Gasteiger charge is 2.39. The molecule has 0 saturated carbocycles. The largest absolute Gasteiger partial charge is 0.491 e. The number of carbonyl (C=O) groups is 1. The van der Waals surface area contributed by atoms with Crippen LogP contribution in [0.25, 0.3) is 0 Å². The second-order valence-corrected chi connectivity index (χ2v) is 7.18. The lowest BCUT2D eigenvalue weighted by molar-refractivity contribution is -0.130. The number of anilines is 1. The molecule has 1 heterocycles. The Balaban J connectivity index is 2.16. The smallest absolute Gasteiger partial charge is 0.233 e. The van der Waals surface area contributed by atoms with E-state index in [9.17, 15) is 4.79 Å². The third kappa shape index (κ3) is 4.93. The lowest BCUT2D eigenvalue weighted by atomic mass is 9.78. The summed E-state index contributed by atoms with van der Waals surface area (Å²) in [7, 11) is 1.64. The molecule has 6 heteroatoms. The summed E-state index contributed by atoms with van der Waals surface area (Å²) < 4.78 is 11.9. The Morgan fingerprint density at radius 3 is 2.65 bits per heavy atom. The number of piperidine rings is 1. The van der Waals surface area contributed by atoms with Crippen LogP contribution < -0.4 is 15.4 Å². The molecule has 1 saturated heterocycles. The van der Waals surface area contributed by atoms with Crippen LogP contribution in [0.15, 0.2) is 22.7 Å². The summed E-state index contributed by atoms with van der Waals surface area (Å²) >= 11 is 3.47. The predicted octanol–water partition coefficient (Wildman–Crippen LogP) is 3.19. The van der Waals surface area contributed by atoms with Crippen LogP contribution in [-0.2, 0) is 9.53 Å². The average Bonchev–Trinajstić information content (AvgIpc) is 2.47. The first-order chi connectivity index (χ1) is 10.9. The highest BCUT2D eigenvalue weighted by Crippen LogP contribution is 2.32. The van der Waals surface area contributed by atoms with Crippen molar-refractivity contribution in [2.45, 2.75) is 32.8 Å². The lowest BCUT2D eigenvalue weighted by Gasteiger charge is -2.35. The summed E-state index contributed by atoms with van der Waals surface area (Å²) in [4.78, 5) is 12.8. The Morgan fingerprint density at radius 1 is 1.35 bits per heavy atom. The van der Waals surface area contributed by atoms with Crippen molar-refractivity contribution >= 4 is 27.5 Å². The van der Waals surface area contributed by atoms with E-state index in [1.807, 2.05) is 32.0 Å². The van der Waals surface area contributed by atoms with Gasteiger partial charge in [0.15, 0.2) is 0 Å². The molecule has 128 valence electrons. The van der Waals surface area contributed by atoms with E-state index in [0.29, 0.717) is 6.61 Å². The standard InChI is InChI=1S/C17H25BrN2O3/c1-12(2)23-15-9-13(18)8-14(10-15)20-16(21)17(11-22-3)4-6-19-7-5-17/h8-10,12,19H,4-7,11H2,1-3H3,(H,20,21). The third-order valence-corrected chi connectivity index (χ3v) is 4.42. The monoisotopic (exact) mass is 384 g/mol. The van der Waals surface area contributed by atoms with Crippen molar-refractivity contribution < 1.29 is 14.3 Å². The van der Waals surface area contributed by atoms with Crippen LogP contribution >= 0.6 is 15.9 Å².